The molecule has 0 fully saturated rings. The first-order valence-corrected chi connectivity index (χ1v) is 5.48. The van der Waals surface area contributed by atoms with Crippen molar-refractivity contribution in [3.8, 4) is 17.9 Å². The standard InChI is InChI=1S/C15H11N3/c1-17-15-9-12(8-13(10-15)11-16)5-6-14-4-2-3-7-18-14/h2-4,7-10,17H,1H3. The molecule has 0 radical (unpaired) electrons. The Labute approximate surface area is 106 Å². The Hall–Kier alpha value is -2.78. The normalized spacial score (nSPS) is 8.89. The highest BCUT2D eigenvalue weighted by molar-refractivity contribution is 5.56. The Morgan fingerprint density at radius 3 is 2.61 bits per heavy atom. The summed E-state index contributed by atoms with van der Waals surface area (Å²) in [5.74, 6) is 5.97. The van der Waals surface area contributed by atoms with Gasteiger partial charge in [-0.05, 0) is 36.3 Å². The fourth-order valence-corrected chi connectivity index (χ4v) is 1.48. The lowest BCUT2D eigenvalue weighted by Crippen LogP contribution is -1.90. The first kappa shape index (κ1) is 11.7. The zero-order valence-corrected chi connectivity index (χ0v) is 9.94. The topological polar surface area (TPSA) is 48.7 Å². The van der Waals surface area contributed by atoms with Crippen molar-refractivity contribution < 1.29 is 0 Å². The molecule has 0 saturated heterocycles. The summed E-state index contributed by atoms with van der Waals surface area (Å²) in [7, 11) is 1.81. The summed E-state index contributed by atoms with van der Waals surface area (Å²) in [5.41, 5.74) is 2.97. The molecule has 0 saturated carbocycles. The van der Waals surface area contributed by atoms with Crippen LogP contribution in [0.15, 0.2) is 42.6 Å². The average molecular weight is 233 g/mol. The number of hydrogen-bond donors (Lipinski definition) is 1. The lowest BCUT2D eigenvalue weighted by Gasteiger charge is -2.01. The molecule has 0 amide bonds. The molecule has 0 spiro atoms. The van der Waals surface area contributed by atoms with Gasteiger partial charge in [-0.2, -0.15) is 5.26 Å². The maximum atomic E-state index is 8.93. The highest BCUT2D eigenvalue weighted by Crippen LogP contribution is 2.13. The number of anilines is 1. The molecule has 0 aliphatic heterocycles. The molecular weight excluding hydrogens is 222 g/mol. The minimum atomic E-state index is 0.590. The van der Waals surface area contributed by atoms with Crippen molar-refractivity contribution >= 4 is 5.69 Å². The Kier molecular flexibility index (Phi) is 3.59. The summed E-state index contributed by atoms with van der Waals surface area (Å²) >= 11 is 0. The van der Waals surface area contributed by atoms with Gasteiger partial charge < -0.3 is 5.32 Å². The first-order valence-electron chi connectivity index (χ1n) is 5.48. The van der Waals surface area contributed by atoms with Gasteiger partial charge in [0.1, 0.15) is 5.69 Å². The van der Waals surface area contributed by atoms with E-state index in [9.17, 15) is 0 Å². The number of pyridine rings is 1. The van der Waals surface area contributed by atoms with Crippen LogP contribution in [0.4, 0.5) is 5.69 Å². The molecule has 1 heterocycles. The predicted molar refractivity (Wildman–Crippen MR) is 70.9 cm³/mol. The van der Waals surface area contributed by atoms with Crippen molar-refractivity contribution in [2.24, 2.45) is 0 Å². The van der Waals surface area contributed by atoms with E-state index in [0.717, 1.165) is 11.3 Å². The highest BCUT2D eigenvalue weighted by Gasteiger charge is 1.97. The zero-order chi connectivity index (χ0) is 12.8. The van der Waals surface area contributed by atoms with Crippen LogP contribution in [0.1, 0.15) is 16.8 Å². The summed E-state index contributed by atoms with van der Waals surface area (Å²) in [4.78, 5) is 4.12. The van der Waals surface area contributed by atoms with Crippen LogP contribution in [0.2, 0.25) is 0 Å². The quantitative estimate of drug-likeness (QED) is 0.769. The Bertz CT molecular complexity index is 643. The Balaban J connectivity index is 2.36. The van der Waals surface area contributed by atoms with Crippen LogP contribution >= 0.6 is 0 Å². The van der Waals surface area contributed by atoms with Crippen LogP contribution in [0, 0.1) is 23.2 Å². The number of nitriles is 1. The van der Waals surface area contributed by atoms with Crippen LogP contribution in [0.25, 0.3) is 0 Å². The smallest absolute Gasteiger partial charge is 0.113 e. The van der Waals surface area contributed by atoms with Crippen molar-refractivity contribution in [2.75, 3.05) is 12.4 Å². The summed E-state index contributed by atoms with van der Waals surface area (Å²) in [6, 6.07) is 13.1. The molecule has 1 aromatic carbocycles. The van der Waals surface area contributed by atoms with Gasteiger partial charge >= 0.3 is 0 Å². The Morgan fingerprint density at radius 1 is 1.11 bits per heavy atom. The SMILES string of the molecule is CNc1cc(C#N)cc(C#Cc2ccccn2)c1. The van der Waals surface area contributed by atoms with Gasteiger partial charge in [0, 0.05) is 24.5 Å². The maximum Gasteiger partial charge on any atom is 0.113 e. The largest absolute Gasteiger partial charge is 0.388 e. The van der Waals surface area contributed by atoms with E-state index in [4.69, 9.17) is 5.26 Å². The molecule has 86 valence electrons. The molecule has 3 nitrogen and oxygen atoms in total. The summed E-state index contributed by atoms with van der Waals surface area (Å²) in [6.45, 7) is 0. The van der Waals surface area contributed by atoms with E-state index < -0.39 is 0 Å². The highest BCUT2D eigenvalue weighted by atomic mass is 14.8. The number of nitrogens with one attached hydrogen (secondary N) is 1. The lowest BCUT2D eigenvalue weighted by atomic mass is 10.1. The van der Waals surface area contributed by atoms with E-state index in [1.807, 2.05) is 31.3 Å². The van der Waals surface area contributed by atoms with Crippen molar-refractivity contribution in [3.05, 3.63) is 59.4 Å². The zero-order valence-electron chi connectivity index (χ0n) is 9.94. The maximum absolute atomic E-state index is 8.93. The molecular formula is C15H11N3. The second-order valence-electron chi connectivity index (χ2n) is 3.63. The van der Waals surface area contributed by atoms with Gasteiger partial charge in [0.05, 0.1) is 11.6 Å². The van der Waals surface area contributed by atoms with E-state index in [1.165, 1.54) is 0 Å². The van der Waals surface area contributed by atoms with Gasteiger partial charge in [0.25, 0.3) is 0 Å². The molecule has 0 unspecified atom stereocenters. The van der Waals surface area contributed by atoms with E-state index >= 15 is 0 Å². The summed E-state index contributed by atoms with van der Waals surface area (Å²) in [5, 5.41) is 11.9. The predicted octanol–water partition coefficient (Wildman–Crippen LogP) is 2.39. The molecule has 0 aliphatic carbocycles. The number of rotatable bonds is 1. The second kappa shape index (κ2) is 5.52. The molecule has 0 atom stereocenters. The van der Waals surface area contributed by atoms with E-state index in [2.05, 4.69) is 28.2 Å². The number of aromatic nitrogens is 1. The van der Waals surface area contributed by atoms with Gasteiger partial charge in [-0.15, -0.1) is 0 Å². The molecule has 3 heteroatoms. The number of benzene rings is 1. The minimum Gasteiger partial charge on any atom is -0.388 e. The van der Waals surface area contributed by atoms with E-state index in [0.29, 0.717) is 11.3 Å². The third-order valence-electron chi connectivity index (χ3n) is 2.35. The molecule has 1 aromatic heterocycles. The third-order valence-corrected chi connectivity index (χ3v) is 2.35. The van der Waals surface area contributed by atoms with Crippen LogP contribution < -0.4 is 5.32 Å². The fraction of sp³-hybridized carbons (Fsp3) is 0.0667. The summed E-state index contributed by atoms with van der Waals surface area (Å²) < 4.78 is 0. The second-order valence-corrected chi connectivity index (χ2v) is 3.63. The third kappa shape index (κ3) is 2.87. The van der Waals surface area contributed by atoms with E-state index in [1.54, 1.807) is 18.3 Å². The minimum absolute atomic E-state index is 0.590. The Morgan fingerprint density at radius 2 is 1.94 bits per heavy atom. The fourth-order valence-electron chi connectivity index (χ4n) is 1.48. The average Bonchev–Trinajstić information content (AvgIpc) is 2.45. The van der Waals surface area contributed by atoms with Crippen LogP contribution in [-0.2, 0) is 0 Å². The molecule has 2 aromatic rings. The summed E-state index contributed by atoms with van der Waals surface area (Å²) in [6.07, 6.45) is 1.70. The number of hydrogen-bond acceptors (Lipinski definition) is 3. The van der Waals surface area contributed by atoms with Crippen LogP contribution in [0.5, 0.6) is 0 Å². The number of nitrogens with zero attached hydrogens (tertiary/aromatic N) is 2. The van der Waals surface area contributed by atoms with Crippen molar-refractivity contribution in [2.45, 2.75) is 0 Å². The van der Waals surface area contributed by atoms with Crippen LogP contribution in [-0.4, -0.2) is 12.0 Å². The van der Waals surface area contributed by atoms with Crippen molar-refractivity contribution in [1.82, 2.24) is 4.98 Å². The molecule has 2 rings (SSSR count). The van der Waals surface area contributed by atoms with Crippen LogP contribution in [0.3, 0.4) is 0 Å². The van der Waals surface area contributed by atoms with Gasteiger partial charge in [0.15, 0.2) is 0 Å². The molecule has 0 aliphatic rings. The molecule has 1 N–H and O–H groups in total. The molecule has 0 bridgehead atoms. The van der Waals surface area contributed by atoms with Crippen molar-refractivity contribution in [3.63, 3.8) is 0 Å². The van der Waals surface area contributed by atoms with Gasteiger partial charge in [-0.25, -0.2) is 4.98 Å². The van der Waals surface area contributed by atoms with Gasteiger partial charge in [-0.1, -0.05) is 12.0 Å². The van der Waals surface area contributed by atoms with Gasteiger partial charge in [0.2, 0.25) is 0 Å². The van der Waals surface area contributed by atoms with Crippen molar-refractivity contribution in [1.29, 1.82) is 5.26 Å². The first-order chi connectivity index (χ1) is 8.81. The van der Waals surface area contributed by atoms with E-state index in [-0.39, 0.29) is 0 Å². The molecule has 18 heavy (non-hydrogen) atoms. The van der Waals surface area contributed by atoms with Gasteiger partial charge in [-0.3, -0.25) is 0 Å². The monoisotopic (exact) mass is 233 g/mol. The lowest BCUT2D eigenvalue weighted by molar-refractivity contribution is 1.29.